The van der Waals surface area contributed by atoms with Crippen LogP contribution in [-0.2, 0) is 9.53 Å². The van der Waals surface area contributed by atoms with Crippen LogP contribution < -0.4 is 5.73 Å². The first-order chi connectivity index (χ1) is 8.50. The van der Waals surface area contributed by atoms with E-state index in [4.69, 9.17) is 10.5 Å². The number of likely N-dealkylation sites (N-methyl/N-ethyl adjacent to an activating group) is 1. The van der Waals surface area contributed by atoms with Crippen molar-refractivity contribution in [1.82, 2.24) is 4.90 Å². The third kappa shape index (κ3) is 5.36. The van der Waals surface area contributed by atoms with E-state index in [0.717, 1.165) is 32.4 Å². The van der Waals surface area contributed by atoms with Gasteiger partial charge >= 0.3 is 0 Å². The number of amides is 1. The van der Waals surface area contributed by atoms with Crippen molar-refractivity contribution in [2.45, 2.75) is 58.1 Å². The zero-order valence-corrected chi connectivity index (χ0v) is 12.0. The molecule has 0 bridgehead atoms. The Morgan fingerprint density at radius 2 is 2.22 bits per heavy atom. The van der Waals surface area contributed by atoms with Crippen LogP contribution in [0.25, 0.3) is 0 Å². The van der Waals surface area contributed by atoms with E-state index in [-0.39, 0.29) is 11.9 Å². The van der Waals surface area contributed by atoms with Gasteiger partial charge in [0.05, 0.1) is 12.1 Å². The summed E-state index contributed by atoms with van der Waals surface area (Å²) >= 11 is 0. The number of nitrogens with zero attached hydrogens (tertiary/aromatic N) is 1. The molecule has 1 saturated heterocycles. The highest BCUT2D eigenvalue weighted by Crippen LogP contribution is 2.17. The lowest BCUT2D eigenvalue weighted by atomic mass is 10.0. The molecule has 18 heavy (non-hydrogen) atoms. The van der Waals surface area contributed by atoms with Crippen LogP contribution in [0.1, 0.15) is 46.0 Å². The number of carbonyl (C=O) groups excluding carboxylic acids is 1. The molecule has 2 N–H and O–H groups in total. The second-order valence-electron chi connectivity index (χ2n) is 5.77. The molecular formula is C14H28N2O2. The summed E-state index contributed by atoms with van der Waals surface area (Å²) in [6.45, 7) is 5.86. The average Bonchev–Trinajstić information content (AvgIpc) is 2.79. The van der Waals surface area contributed by atoms with Gasteiger partial charge in [0.25, 0.3) is 0 Å². The summed E-state index contributed by atoms with van der Waals surface area (Å²) in [5, 5.41) is 0. The van der Waals surface area contributed by atoms with E-state index in [9.17, 15) is 4.79 Å². The summed E-state index contributed by atoms with van der Waals surface area (Å²) in [4.78, 5) is 13.7. The van der Waals surface area contributed by atoms with Gasteiger partial charge in [0.1, 0.15) is 0 Å². The Hall–Kier alpha value is -0.610. The topological polar surface area (TPSA) is 55.6 Å². The monoisotopic (exact) mass is 256 g/mol. The second kappa shape index (κ2) is 7.74. The predicted octanol–water partition coefficient (Wildman–Crippen LogP) is 1.78. The minimum atomic E-state index is -0.349. The molecule has 1 aliphatic rings. The van der Waals surface area contributed by atoms with Crippen molar-refractivity contribution in [3.8, 4) is 0 Å². The zero-order valence-electron chi connectivity index (χ0n) is 12.0. The Balaban J connectivity index is 2.18. The number of rotatable bonds is 7. The summed E-state index contributed by atoms with van der Waals surface area (Å²) in [5.41, 5.74) is 5.90. The normalized spacial score (nSPS) is 21.3. The molecule has 1 unspecified atom stereocenters. The van der Waals surface area contributed by atoms with Crippen molar-refractivity contribution < 1.29 is 9.53 Å². The van der Waals surface area contributed by atoms with E-state index >= 15 is 0 Å². The van der Waals surface area contributed by atoms with Gasteiger partial charge in [-0.1, -0.05) is 13.8 Å². The average molecular weight is 256 g/mol. The first-order valence-corrected chi connectivity index (χ1v) is 7.13. The van der Waals surface area contributed by atoms with Gasteiger partial charge in [-0.3, -0.25) is 4.79 Å². The van der Waals surface area contributed by atoms with Gasteiger partial charge < -0.3 is 15.4 Å². The number of ether oxygens (including phenoxy) is 1. The number of hydrogen-bond donors (Lipinski definition) is 1. The third-order valence-electron chi connectivity index (χ3n) is 3.46. The molecular weight excluding hydrogens is 228 g/mol. The number of hydrogen-bond acceptors (Lipinski definition) is 3. The standard InChI is InChI=1S/C14H28N2O2/c1-11(2)10-13(15)14(17)16(3)8-4-6-12-7-5-9-18-12/h11-13H,4-10,15H2,1-3H3/t12?,13-/m0/s1. The molecule has 4 heteroatoms. The van der Waals surface area contributed by atoms with E-state index in [2.05, 4.69) is 13.8 Å². The Morgan fingerprint density at radius 1 is 1.50 bits per heavy atom. The van der Waals surface area contributed by atoms with Crippen LogP contribution >= 0.6 is 0 Å². The van der Waals surface area contributed by atoms with Crippen LogP contribution in [-0.4, -0.2) is 43.2 Å². The van der Waals surface area contributed by atoms with E-state index < -0.39 is 0 Å². The lowest BCUT2D eigenvalue weighted by Crippen LogP contribution is -2.42. The quantitative estimate of drug-likeness (QED) is 0.755. The molecule has 0 aromatic rings. The summed E-state index contributed by atoms with van der Waals surface area (Å²) < 4.78 is 5.57. The molecule has 2 atom stereocenters. The SMILES string of the molecule is CC(C)C[C@H](N)C(=O)N(C)CCCC1CCCO1. The summed E-state index contributed by atoms with van der Waals surface area (Å²) in [7, 11) is 1.85. The van der Waals surface area contributed by atoms with Crippen molar-refractivity contribution in [3.05, 3.63) is 0 Å². The van der Waals surface area contributed by atoms with Crippen LogP contribution in [0.5, 0.6) is 0 Å². The maximum absolute atomic E-state index is 12.0. The van der Waals surface area contributed by atoms with Gasteiger partial charge in [0.15, 0.2) is 0 Å². The van der Waals surface area contributed by atoms with Gasteiger partial charge in [-0.25, -0.2) is 0 Å². The highest BCUT2D eigenvalue weighted by molar-refractivity contribution is 5.81. The van der Waals surface area contributed by atoms with Crippen molar-refractivity contribution >= 4 is 5.91 Å². The van der Waals surface area contributed by atoms with Gasteiger partial charge in [-0.2, -0.15) is 0 Å². The van der Waals surface area contributed by atoms with Crippen LogP contribution in [0.2, 0.25) is 0 Å². The smallest absolute Gasteiger partial charge is 0.239 e. The Morgan fingerprint density at radius 3 is 2.78 bits per heavy atom. The first-order valence-electron chi connectivity index (χ1n) is 7.13. The van der Waals surface area contributed by atoms with Crippen LogP contribution in [0.4, 0.5) is 0 Å². The maximum Gasteiger partial charge on any atom is 0.239 e. The Labute approximate surface area is 111 Å². The minimum Gasteiger partial charge on any atom is -0.378 e. The molecule has 0 spiro atoms. The molecule has 1 heterocycles. The van der Waals surface area contributed by atoms with Crippen molar-refractivity contribution in [1.29, 1.82) is 0 Å². The fourth-order valence-corrected chi connectivity index (χ4v) is 2.43. The number of carbonyl (C=O) groups is 1. The Kier molecular flexibility index (Phi) is 6.65. The van der Waals surface area contributed by atoms with Crippen molar-refractivity contribution in [2.75, 3.05) is 20.2 Å². The van der Waals surface area contributed by atoms with Crippen molar-refractivity contribution in [2.24, 2.45) is 11.7 Å². The highest BCUT2D eigenvalue weighted by atomic mass is 16.5. The maximum atomic E-state index is 12.0. The van der Waals surface area contributed by atoms with E-state index in [1.165, 1.54) is 12.8 Å². The molecule has 0 radical (unpaired) electrons. The lowest BCUT2D eigenvalue weighted by Gasteiger charge is -2.22. The van der Waals surface area contributed by atoms with Crippen LogP contribution in [0.15, 0.2) is 0 Å². The molecule has 0 saturated carbocycles. The first kappa shape index (κ1) is 15.4. The van der Waals surface area contributed by atoms with Gasteiger partial charge in [0, 0.05) is 20.2 Å². The minimum absolute atomic E-state index is 0.0658. The molecule has 1 rings (SSSR count). The van der Waals surface area contributed by atoms with Gasteiger partial charge in [-0.05, 0) is 38.0 Å². The summed E-state index contributed by atoms with van der Waals surface area (Å²) in [5.74, 6) is 0.528. The highest BCUT2D eigenvalue weighted by Gasteiger charge is 2.20. The molecule has 0 aromatic carbocycles. The largest absolute Gasteiger partial charge is 0.378 e. The second-order valence-corrected chi connectivity index (χ2v) is 5.77. The van der Waals surface area contributed by atoms with Gasteiger partial charge in [0.2, 0.25) is 5.91 Å². The van der Waals surface area contributed by atoms with E-state index in [1.807, 2.05) is 7.05 Å². The molecule has 1 amide bonds. The van der Waals surface area contributed by atoms with Crippen molar-refractivity contribution in [3.63, 3.8) is 0 Å². The molecule has 1 aliphatic heterocycles. The summed E-state index contributed by atoms with van der Waals surface area (Å²) in [6.07, 6.45) is 5.58. The van der Waals surface area contributed by atoms with Gasteiger partial charge in [-0.15, -0.1) is 0 Å². The fourth-order valence-electron chi connectivity index (χ4n) is 2.43. The molecule has 0 aliphatic carbocycles. The van der Waals surface area contributed by atoms with Crippen LogP contribution in [0.3, 0.4) is 0 Å². The number of nitrogens with two attached hydrogens (primary N) is 1. The van der Waals surface area contributed by atoms with Crippen LogP contribution in [0, 0.1) is 5.92 Å². The predicted molar refractivity (Wildman–Crippen MR) is 73.3 cm³/mol. The summed E-state index contributed by atoms with van der Waals surface area (Å²) in [6, 6.07) is -0.349. The Bertz CT molecular complexity index is 250. The van der Waals surface area contributed by atoms with E-state index in [0.29, 0.717) is 12.0 Å². The molecule has 0 aromatic heterocycles. The lowest BCUT2D eigenvalue weighted by molar-refractivity contribution is -0.131. The molecule has 4 nitrogen and oxygen atoms in total. The third-order valence-corrected chi connectivity index (χ3v) is 3.46. The van der Waals surface area contributed by atoms with E-state index in [1.54, 1.807) is 4.90 Å². The fraction of sp³-hybridized carbons (Fsp3) is 0.929. The zero-order chi connectivity index (χ0) is 13.5. The molecule has 106 valence electrons. The molecule has 1 fully saturated rings.